The molecule has 6 nitrogen and oxygen atoms in total. The average Bonchev–Trinajstić information content (AvgIpc) is 3.45. The van der Waals surface area contributed by atoms with Crippen molar-refractivity contribution in [3.05, 3.63) is 132 Å². The van der Waals surface area contributed by atoms with Gasteiger partial charge in [0.15, 0.2) is 5.54 Å². The molecule has 0 aliphatic heterocycles. The molecule has 0 spiro atoms. The van der Waals surface area contributed by atoms with Crippen LogP contribution >= 0.6 is 0 Å². The van der Waals surface area contributed by atoms with Gasteiger partial charge in [0.05, 0.1) is 0 Å². The Bertz CT molecular complexity index is 1370. The largest absolute Gasteiger partial charge is 0.494 e. The van der Waals surface area contributed by atoms with Crippen LogP contribution in [-0.2, 0) is 14.8 Å². The van der Waals surface area contributed by atoms with Gasteiger partial charge in [-0.25, -0.2) is 0 Å². The van der Waals surface area contributed by atoms with Crippen LogP contribution in [0.1, 0.15) is 44.4 Å². The average molecular weight is 516 g/mol. The summed E-state index contributed by atoms with van der Waals surface area (Å²) in [7, 11) is -0.560. The third kappa shape index (κ3) is 5.42. The zero-order chi connectivity index (χ0) is 27.2. The first kappa shape index (κ1) is 26.5. The Morgan fingerprint density at radius 2 is 1.05 bits per heavy atom. The lowest BCUT2D eigenvalue weighted by atomic mass is 9.75. The minimum absolute atomic E-state index is 0.0210. The second kappa shape index (κ2) is 11.8. The topological polar surface area (TPSA) is 62.1 Å². The molecule has 1 aromatic heterocycles. The summed E-state index contributed by atoms with van der Waals surface area (Å²) in [6.45, 7) is 8.01. The van der Waals surface area contributed by atoms with E-state index >= 15 is 0 Å². The smallest absolute Gasteiger partial charge is 0.405 e. The Morgan fingerprint density at radius 1 is 0.615 bits per heavy atom. The van der Waals surface area contributed by atoms with E-state index in [0.29, 0.717) is 5.82 Å². The molecule has 0 N–H and O–H groups in total. The zero-order valence-corrected chi connectivity index (χ0v) is 22.8. The molecular formula is C32H33BN4O2. The van der Waals surface area contributed by atoms with E-state index in [-0.39, 0.29) is 12.2 Å². The Morgan fingerprint density at radius 3 is 1.51 bits per heavy atom. The van der Waals surface area contributed by atoms with Crippen LogP contribution in [0.25, 0.3) is 11.4 Å². The van der Waals surface area contributed by atoms with Gasteiger partial charge in [-0.15, -0.1) is 15.0 Å². The maximum atomic E-state index is 6.19. The molecule has 0 aliphatic rings. The van der Waals surface area contributed by atoms with Crippen molar-refractivity contribution in [2.24, 2.45) is 0 Å². The molecule has 0 atom stereocenters. The number of aromatic nitrogens is 4. The Balaban J connectivity index is 1.72. The van der Waals surface area contributed by atoms with E-state index in [2.05, 4.69) is 41.5 Å². The first-order valence-corrected chi connectivity index (χ1v) is 13.4. The molecule has 0 radical (unpaired) electrons. The molecule has 7 heteroatoms. The maximum absolute atomic E-state index is 6.19. The summed E-state index contributed by atoms with van der Waals surface area (Å²) in [6, 6.07) is 38.9. The summed E-state index contributed by atoms with van der Waals surface area (Å²) in [5.41, 5.74) is 3.94. The predicted molar refractivity (Wildman–Crippen MR) is 156 cm³/mol. The van der Waals surface area contributed by atoms with Crippen LogP contribution in [0.3, 0.4) is 0 Å². The lowest BCUT2D eigenvalue weighted by Gasteiger charge is -2.34. The van der Waals surface area contributed by atoms with Crippen molar-refractivity contribution in [1.82, 2.24) is 20.2 Å². The van der Waals surface area contributed by atoms with Gasteiger partial charge in [0.2, 0.25) is 5.82 Å². The van der Waals surface area contributed by atoms with Crippen LogP contribution in [-0.4, -0.2) is 39.5 Å². The lowest BCUT2D eigenvalue weighted by molar-refractivity contribution is 0.139. The van der Waals surface area contributed by atoms with Gasteiger partial charge < -0.3 is 9.31 Å². The summed E-state index contributed by atoms with van der Waals surface area (Å²) in [5.74, 6) is 0.502. The summed E-state index contributed by atoms with van der Waals surface area (Å²) in [4.78, 5) is 1.74. The number of hydrogen-bond donors (Lipinski definition) is 0. The van der Waals surface area contributed by atoms with Gasteiger partial charge in [-0.05, 0) is 55.1 Å². The standard InChI is InChI=1S/C32H33BN4O2/c1-24(2)38-33(39-25(3)4)30-23-15-14-22-29(30)31-34-36-37(35-31)32(26-16-8-5-9-17-26,27-18-10-6-11-19-27)28-20-12-7-13-21-28/h5-25H,1-4H3. The molecule has 0 unspecified atom stereocenters. The van der Waals surface area contributed by atoms with Crippen molar-refractivity contribution in [2.45, 2.75) is 45.4 Å². The van der Waals surface area contributed by atoms with E-state index in [1.807, 2.05) is 107 Å². The van der Waals surface area contributed by atoms with Gasteiger partial charge in [0.25, 0.3) is 0 Å². The second-order valence-electron chi connectivity index (χ2n) is 10.00. The molecule has 0 amide bonds. The van der Waals surface area contributed by atoms with Crippen molar-refractivity contribution < 1.29 is 9.31 Å². The van der Waals surface area contributed by atoms with E-state index in [9.17, 15) is 0 Å². The second-order valence-corrected chi connectivity index (χ2v) is 10.00. The van der Waals surface area contributed by atoms with Gasteiger partial charge in [0, 0.05) is 17.8 Å². The van der Waals surface area contributed by atoms with E-state index < -0.39 is 12.7 Å². The minimum Gasteiger partial charge on any atom is -0.405 e. The first-order chi connectivity index (χ1) is 19.0. The van der Waals surface area contributed by atoms with Crippen molar-refractivity contribution in [2.75, 3.05) is 0 Å². The molecule has 5 aromatic rings. The van der Waals surface area contributed by atoms with Crippen LogP contribution in [0, 0.1) is 0 Å². The highest BCUT2D eigenvalue weighted by atomic mass is 16.6. The quantitative estimate of drug-likeness (QED) is 0.175. The number of benzene rings is 4. The van der Waals surface area contributed by atoms with E-state index in [0.717, 1.165) is 27.7 Å². The first-order valence-electron chi connectivity index (χ1n) is 13.4. The molecule has 196 valence electrons. The molecule has 5 rings (SSSR count). The molecule has 0 aliphatic carbocycles. The number of nitrogens with zero attached hydrogens (tertiary/aromatic N) is 4. The third-order valence-corrected chi connectivity index (χ3v) is 6.54. The van der Waals surface area contributed by atoms with Crippen LogP contribution in [0.4, 0.5) is 0 Å². The van der Waals surface area contributed by atoms with Crippen LogP contribution in [0.15, 0.2) is 115 Å². The minimum atomic E-state index is -0.841. The Kier molecular flexibility index (Phi) is 8.01. The van der Waals surface area contributed by atoms with Crippen molar-refractivity contribution in [3.63, 3.8) is 0 Å². The fourth-order valence-electron chi connectivity index (χ4n) is 4.93. The van der Waals surface area contributed by atoms with Gasteiger partial charge in [-0.3, -0.25) is 0 Å². The van der Waals surface area contributed by atoms with Gasteiger partial charge in [-0.2, -0.15) is 0 Å². The zero-order valence-electron chi connectivity index (χ0n) is 22.8. The molecule has 0 saturated heterocycles. The summed E-state index contributed by atoms with van der Waals surface area (Å²) in [6.07, 6.45) is -0.0420. The van der Waals surface area contributed by atoms with Crippen molar-refractivity contribution in [3.8, 4) is 11.4 Å². The van der Waals surface area contributed by atoms with E-state index in [1.165, 1.54) is 0 Å². The highest BCUT2D eigenvalue weighted by Crippen LogP contribution is 2.39. The van der Waals surface area contributed by atoms with Gasteiger partial charge in [0.1, 0.15) is 0 Å². The number of tetrazole rings is 1. The number of hydrogen-bond acceptors (Lipinski definition) is 5. The highest BCUT2D eigenvalue weighted by molar-refractivity contribution is 6.63. The highest BCUT2D eigenvalue weighted by Gasteiger charge is 2.41. The molecule has 0 bridgehead atoms. The normalized spacial score (nSPS) is 11.7. The van der Waals surface area contributed by atoms with E-state index in [1.54, 1.807) is 4.80 Å². The SMILES string of the molecule is CC(C)OB(OC(C)C)c1ccccc1-c1nnn(C(c2ccccc2)(c2ccccc2)c2ccccc2)n1. The van der Waals surface area contributed by atoms with Crippen LogP contribution in [0.2, 0.25) is 0 Å². The van der Waals surface area contributed by atoms with E-state index in [4.69, 9.17) is 19.6 Å². The fourth-order valence-corrected chi connectivity index (χ4v) is 4.93. The summed E-state index contributed by atoms with van der Waals surface area (Å²) < 4.78 is 12.4. The molecule has 1 heterocycles. The third-order valence-electron chi connectivity index (χ3n) is 6.54. The molecule has 0 fully saturated rings. The Labute approximate surface area is 230 Å². The van der Waals surface area contributed by atoms with Gasteiger partial charge in [-0.1, -0.05) is 115 Å². The molecule has 39 heavy (non-hydrogen) atoms. The summed E-state index contributed by atoms with van der Waals surface area (Å²) >= 11 is 0. The molecular weight excluding hydrogens is 483 g/mol. The number of rotatable bonds is 10. The summed E-state index contributed by atoms with van der Waals surface area (Å²) in [5, 5.41) is 14.4. The monoisotopic (exact) mass is 516 g/mol. The lowest BCUT2D eigenvalue weighted by Crippen LogP contribution is -2.42. The fraction of sp³-hybridized carbons (Fsp3) is 0.219. The molecule has 0 saturated carbocycles. The van der Waals surface area contributed by atoms with Crippen molar-refractivity contribution >= 4 is 12.6 Å². The maximum Gasteiger partial charge on any atom is 0.494 e. The predicted octanol–water partition coefficient (Wildman–Crippen LogP) is 5.73. The van der Waals surface area contributed by atoms with Crippen molar-refractivity contribution in [1.29, 1.82) is 0 Å². The Hall–Kier alpha value is -4.07. The van der Waals surface area contributed by atoms with Crippen LogP contribution < -0.4 is 5.46 Å². The van der Waals surface area contributed by atoms with Gasteiger partial charge >= 0.3 is 7.12 Å². The van der Waals surface area contributed by atoms with Crippen LogP contribution in [0.5, 0.6) is 0 Å². The molecule has 4 aromatic carbocycles.